The van der Waals surface area contributed by atoms with Crippen LogP contribution < -0.4 is 5.32 Å². The normalized spacial score (nSPS) is 21.9. The molecule has 3 rings (SSSR count). The van der Waals surface area contributed by atoms with Crippen LogP contribution in [0, 0.1) is 23.5 Å². The van der Waals surface area contributed by atoms with Crippen molar-refractivity contribution < 1.29 is 18.7 Å². The standard InChI is InChI=1S/C21H18ClF2NO2/c22-15-5-1-4-14(12-15)9-11-21(27)10-3-6-16(13-21)25-20(26)17-7-2-8-18(23)19(17)24/h1-2,4-5,7-8,12,16,27H,3,6,10,13H2,(H,25,26)/t16-,21+/m1/s1. The topological polar surface area (TPSA) is 49.3 Å². The summed E-state index contributed by atoms with van der Waals surface area (Å²) in [6.45, 7) is 0. The lowest BCUT2D eigenvalue weighted by Gasteiger charge is -2.33. The Morgan fingerprint density at radius 3 is 2.81 bits per heavy atom. The van der Waals surface area contributed by atoms with Gasteiger partial charge in [-0.2, -0.15) is 0 Å². The zero-order valence-electron chi connectivity index (χ0n) is 14.4. The molecule has 0 bridgehead atoms. The van der Waals surface area contributed by atoms with Gasteiger partial charge in [0.25, 0.3) is 5.91 Å². The number of aliphatic hydroxyl groups is 1. The van der Waals surface area contributed by atoms with Crippen LogP contribution in [0.5, 0.6) is 0 Å². The van der Waals surface area contributed by atoms with Gasteiger partial charge in [-0.25, -0.2) is 8.78 Å². The van der Waals surface area contributed by atoms with E-state index in [4.69, 9.17) is 11.6 Å². The average molecular weight is 390 g/mol. The summed E-state index contributed by atoms with van der Waals surface area (Å²) in [6.07, 6.45) is 1.96. The average Bonchev–Trinajstić information content (AvgIpc) is 2.62. The summed E-state index contributed by atoms with van der Waals surface area (Å²) in [5.74, 6) is 2.82. The van der Waals surface area contributed by atoms with Crippen molar-refractivity contribution in [2.75, 3.05) is 0 Å². The highest BCUT2D eigenvalue weighted by molar-refractivity contribution is 6.30. The first-order valence-electron chi connectivity index (χ1n) is 8.62. The van der Waals surface area contributed by atoms with E-state index >= 15 is 0 Å². The Bertz CT molecular complexity index is 922. The fraction of sp³-hybridized carbons (Fsp3) is 0.286. The Balaban J connectivity index is 1.70. The van der Waals surface area contributed by atoms with Crippen LogP contribution in [0.1, 0.15) is 41.6 Å². The molecule has 140 valence electrons. The molecule has 1 saturated carbocycles. The van der Waals surface area contributed by atoms with Gasteiger partial charge in [-0.15, -0.1) is 0 Å². The van der Waals surface area contributed by atoms with Gasteiger partial charge in [-0.1, -0.05) is 35.6 Å². The third kappa shape index (κ3) is 4.85. The maximum absolute atomic E-state index is 13.8. The Labute approximate surface area is 161 Å². The molecule has 1 fully saturated rings. The van der Waals surface area contributed by atoms with Crippen LogP contribution in [0.2, 0.25) is 5.02 Å². The molecular weight excluding hydrogens is 372 g/mol. The van der Waals surface area contributed by atoms with Crippen LogP contribution in [-0.2, 0) is 0 Å². The van der Waals surface area contributed by atoms with E-state index in [1.807, 2.05) is 0 Å². The van der Waals surface area contributed by atoms with Crippen LogP contribution in [0.15, 0.2) is 42.5 Å². The lowest BCUT2D eigenvalue weighted by molar-refractivity contribution is 0.0451. The van der Waals surface area contributed by atoms with E-state index in [2.05, 4.69) is 17.2 Å². The fourth-order valence-corrected chi connectivity index (χ4v) is 3.38. The molecule has 1 aliphatic carbocycles. The summed E-state index contributed by atoms with van der Waals surface area (Å²) in [4.78, 5) is 12.3. The molecule has 0 aliphatic heterocycles. The molecule has 0 aromatic heterocycles. The second-order valence-electron chi connectivity index (χ2n) is 6.66. The second kappa shape index (κ2) is 8.08. The molecule has 1 amide bonds. The largest absolute Gasteiger partial charge is 0.378 e. The van der Waals surface area contributed by atoms with Gasteiger partial charge in [-0.05, 0) is 49.6 Å². The van der Waals surface area contributed by atoms with E-state index < -0.39 is 23.1 Å². The number of amides is 1. The van der Waals surface area contributed by atoms with Gasteiger partial charge in [-0.3, -0.25) is 4.79 Å². The van der Waals surface area contributed by atoms with Crippen LogP contribution in [0.3, 0.4) is 0 Å². The number of hydrogen-bond donors (Lipinski definition) is 2. The van der Waals surface area contributed by atoms with Gasteiger partial charge < -0.3 is 10.4 Å². The maximum Gasteiger partial charge on any atom is 0.254 e. The molecule has 0 radical (unpaired) electrons. The van der Waals surface area contributed by atoms with Gasteiger partial charge >= 0.3 is 0 Å². The van der Waals surface area contributed by atoms with E-state index in [-0.39, 0.29) is 18.0 Å². The fourth-order valence-electron chi connectivity index (χ4n) is 3.19. The van der Waals surface area contributed by atoms with Crippen molar-refractivity contribution in [2.24, 2.45) is 0 Å². The molecule has 2 aromatic rings. The Hall–Kier alpha value is -2.42. The molecule has 2 atom stereocenters. The van der Waals surface area contributed by atoms with Crippen LogP contribution in [-0.4, -0.2) is 22.7 Å². The number of benzene rings is 2. The van der Waals surface area contributed by atoms with Crippen LogP contribution >= 0.6 is 11.6 Å². The molecule has 0 unspecified atom stereocenters. The van der Waals surface area contributed by atoms with E-state index in [9.17, 15) is 18.7 Å². The van der Waals surface area contributed by atoms with Crippen molar-refractivity contribution in [3.05, 3.63) is 70.2 Å². The molecule has 6 heteroatoms. The predicted octanol–water partition coefficient (Wildman–Crippen LogP) is 4.07. The summed E-state index contributed by atoms with van der Waals surface area (Å²) in [5, 5.41) is 14.0. The zero-order valence-corrected chi connectivity index (χ0v) is 15.2. The molecule has 1 aliphatic rings. The van der Waals surface area contributed by atoms with Gasteiger partial charge in [0, 0.05) is 23.0 Å². The van der Waals surface area contributed by atoms with Gasteiger partial charge in [0.2, 0.25) is 0 Å². The number of rotatable bonds is 2. The monoisotopic (exact) mass is 389 g/mol. The van der Waals surface area contributed by atoms with Crippen molar-refractivity contribution in [1.29, 1.82) is 0 Å². The smallest absolute Gasteiger partial charge is 0.254 e. The highest BCUT2D eigenvalue weighted by atomic mass is 35.5. The van der Waals surface area contributed by atoms with Crippen molar-refractivity contribution in [1.82, 2.24) is 5.32 Å². The molecule has 2 N–H and O–H groups in total. The zero-order chi connectivity index (χ0) is 19.4. The van der Waals surface area contributed by atoms with Gasteiger partial charge in [0.1, 0.15) is 5.60 Å². The van der Waals surface area contributed by atoms with Crippen LogP contribution in [0.25, 0.3) is 0 Å². The molecule has 3 nitrogen and oxygen atoms in total. The quantitative estimate of drug-likeness (QED) is 0.760. The molecule has 2 aromatic carbocycles. The maximum atomic E-state index is 13.8. The number of nitrogens with one attached hydrogen (secondary N) is 1. The SMILES string of the molecule is O=C(N[C@@H]1CCC[C@](O)(C#Cc2cccc(Cl)c2)C1)c1cccc(F)c1F. The Morgan fingerprint density at radius 2 is 2.04 bits per heavy atom. The number of carbonyl (C=O) groups excluding carboxylic acids is 1. The lowest BCUT2D eigenvalue weighted by atomic mass is 9.82. The number of hydrogen-bond acceptors (Lipinski definition) is 2. The first-order chi connectivity index (χ1) is 12.9. The minimum absolute atomic E-state index is 0.212. The third-order valence-electron chi connectivity index (χ3n) is 4.52. The highest BCUT2D eigenvalue weighted by Gasteiger charge is 2.34. The van der Waals surface area contributed by atoms with Gasteiger partial charge in [0.05, 0.1) is 5.56 Å². The molecule has 0 spiro atoms. The van der Waals surface area contributed by atoms with E-state index in [0.29, 0.717) is 29.8 Å². The number of carbonyl (C=O) groups is 1. The first kappa shape index (κ1) is 19.3. The summed E-state index contributed by atoms with van der Waals surface area (Å²) in [7, 11) is 0. The summed E-state index contributed by atoms with van der Waals surface area (Å²) in [6, 6.07) is 10.1. The Morgan fingerprint density at radius 1 is 1.26 bits per heavy atom. The second-order valence-corrected chi connectivity index (χ2v) is 7.10. The molecule has 0 heterocycles. The highest BCUT2D eigenvalue weighted by Crippen LogP contribution is 2.28. The summed E-state index contributed by atoms with van der Waals surface area (Å²) >= 11 is 5.93. The minimum Gasteiger partial charge on any atom is -0.378 e. The predicted molar refractivity (Wildman–Crippen MR) is 99.4 cm³/mol. The lowest BCUT2D eigenvalue weighted by Crippen LogP contribution is -2.45. The van der Waals surface area contributed by atoms with Crippen molar-refractivity contribution in [2.45, 2.75) is 37.3 Å². The van der Waals surface area contributed by atoms with Crippen molar-refractivity contribution in [3.8, 4) is 11.8 Å². The molecular formula is C21H18ClF2NO2. The molecule has 0 saturated heterocycles. The van der Waals surface area contributed by atoms with E-state index in [0.717, 1.165) is 6.07 Å². The van der Waals surface area contributed by atoms with Crippen molar-refractivity contribution in [3.63, 3.8) is 0 Å². The van der Waals surface area contributed by atoms with E-state index in [1.54, 1.807) is 24.3 Å². The summed E-state index contributed by atoms with van der Waals surface area (Å²) in [5.41, 5.74) is -0.933. The minimum atomic E-state index is -1.26. The Kier molecular flexibility index (Phi) is 5.79. The van der Waals surface area contributed by atoms with E-state index in [1.165, 1.54) is 12.1 Å². The van der Waals surface area contributed by atoms with Crippen LogP contribution in [0.4, 0.5) is 8.78 Å². The number of halogens is 3. The molecule has 27 heavy (non-hydrogen) atoms. The van der Waals surface area contributed by atoms with Gasteiger partial charge in [0.15, 0.2) is 11.6 Å². The van der Waals surface area contributed by atoms with Crippen molar-refractivity contribution >= 4 is 17.5 Å². The summed E-state index contributed by atoms with van der Waals surface area (Å²) < 4.78 is 27.1. The first-order valence-corrected chi connectivity index (χ1v) is 9.00. The third-order valence-corrected chi connectivity index (χ3v) is 4.76.